The molecule has 1 unspecified atom stereocenters. The summed E-state index contributed by atoms with van der Waals surface area (Å²) in [6.45, 7) is 5.66. The smallest absolute Gasteiger partial charge is 0.329 e. The topological polar surface area (TPSA) is 67.9 Å². The number of esters is 1. The van der Waals surface area contributed by atoms with Crippen molar-refractivity contribution >= 4 is 11.9 Å². The summed E-state index contributed by atoms with van der Waals surface area (Å²) >= 11 is 0. The summed E-state index contributed by atoms with van der Waals surface area (Å²) in [7, 11) is 3.16. The molecule has 1 N–H and O–H groups in total. The quantitative estimate of drug-likeness (QED) is 0.467. The molecule has 0 aromatic heterocycles. The van der Waals surface area contributed by atoms with Gasteiger partial charge in [-0.2, -0.15) is 0 Å². The Bertz CT molecular complexity index is 246. The molecule has 1 amide bonds. The van der Waals surface area contributed by atoms with Gasteiger partial charge in [0.15, 0.2) is 0 Å². The van der Waals surface area contributed by atoms with Gasteiger partial charge in [-0.05, 0) is 14.0 Å². The molecule has 0 spiro atoms. The lowest BCUT2D eigenvalue weighted by atomic mass is 10.2. The van der Waals surface area contributed by atoms with Crippen molar-refractivity contribution in [2.75, 3.05) is 40.5 Å². The van der Waals surface area contributed by atoms with Crippen LogP contribution in [0.4, 0.5) is 0 Å². The third-order valence-electron chi connectivity index (χ3n) is 2.18. The maximum Gasteiger partial charge on any atom is 0.329 e. The van der Waals surface area contributed by atoms with Crippen LogP contribution in [0.3, 0.4) is 0 Å². The highest BCUT2D eigenvalue weighted by atomic mass is 16.5. The van der Waals surface area contributed by atoms with E-state index >= 15 is 0 Å². The number of amides is 1. The number of carbonyl (C=O) groups excluding carboxylic acids is 2. The maximum atomic E-state index is 11.4. The molecule has 0 aliphatic heterocycles. The number of hydrogen-bond donors (Lipinski definition) is 1. The Morgan fingerprint density at radius 1 is 1.41 bits per heavy atom. The highest BCUT2D eigenvalue weighted by molar-refractivity contribution is 5.83. The van der Waals surface area contributed by atoms with Gasteiger partial charge in [0.25, 0.3) is 0 Å². The first-order chi connectivity index (χ1) is 8.01. The highest BCUT2D eigenvalue weighted by Crippen LogP contribution is 1.93. The van der Waals surface area contributed by atoms with Gasteiger partial charge in [0.2, 0.25) is 5.91 Å². The Hall–Kier alpha value is -1.14. The lowest BCUT2D eigenvalue weighted by Gasteiger charge is -2.22. The van der Waals surface area contributed by atoms with E-state index in [2.05, 4.69) is 10.1 Å². The van der Waals surface area contributed by atoms with Crippen LogP contribution in [0, 0.1) is 0 Å². The van der Waals surface area contributed by atoms with Gasteiger partial charge in [-0.15, -0.1) is 0 Å². The zero-order valence-electron chi connectivity index (χ0n) is 11.0. The normalized spacial score (nSPS) is 12.3. The molecule has 0 saturated carbocycles. The molecule has 0 aliphatic rings. The van der Waals surface area contributed by atoms with Crippen molar-refractivity contribution in [1.82, 2.24) is 10.2 Å². The summed E-state index contributed by atoms with van der Waals surface area (Å²) in [6.07, 6.45) is 0. The molecule has 0 fully saturated rings. The van der Waals surface area contributed by atoms with Crippen LogP contribution in [-0.4, -0.2) is 63.3 Å². The maximum absolute atomic E-state index is 11.4. The van der Waals surface area contributed by atoms with Gasteiger partial charge in [-0.3, -0.25) is 4.79 Å². The number of carbonyl (C=O) groups is 2. The molecule has 17 heavy (non-hydrogen) atoms. The van der Waals surface area contributed by atoms with Gasteiger partial charge in [0, 0.05) is 26.6 Å². The van der Waals surface area contributed by atoms with E-state index in [1.54, 1.807) is 0 Å². The Labute approximate surface area is 102 Å². The molecule has 1 atom stereocenters. The van der Waals surface area contributed by atoms with Gasteiger partial charge < -0.3 is 19.7 Å². The summed E-state index contributed by atoms with van der Waals surface area (Å²) in [5, 5.41) is 2.56. The van der Waals surface area contributed by atoms with E-state index in [-0.39, 0.29) is 5.91 Å². The SMILES string of the molecule is CCOCCN(C)CC(NC(C)=O)C(=O)OC. The largest absolute Gasteiger partial charge is 0.467 e. The van der Waals surface area contributed by atoms with Crippen molar-refractivity contribution in [1.29, 1.82) is 0 Å². The molecule has 0 radical (unpaired) electrons. The average molecular weight is 246 g/mol. The summed E-state index contributed by atoms with van der Waals surface area (Å²) in [6, 6.07) is -0.635. The van der Waals surface area contributed by atoms with Crippen molar-refractivity contribution in [2.24, 2.45) is 0 Å². The number of likely N-dealkylation sites (N-methyl/N-ethyl adjacent to an activating group) is 1. The highest BCUT2D eigenvalue weighted by Gasteiger charge is 2.21. The number of nitrogens with zero attached hydrogens (tertiary/aromatic N) is 1. The van der Waals surface area contributed by atoms with Crippen LogP contribution >= 0.6 is 0 Å². The lowest BCUT2D eigenvalue weighted by molar-refractivity contribution is -0.145. The van der Waals surface area contributed by atoms with Crippen molar-refractivity contribution in [3.63, 3.8) is 0 Å². The fourth-order valence-electron chi connectivity index (χ4n) is 1.33. The fraction of sp³-hybridized carbons (Fsp3) is 0.818. The van der Waals surface area contributed by atoms with Crippen LogP contribution < -0.4 is 5.32 Å². The molecule has 0 aromatic rings. The first kappa shape index (κ1) is 15.9. The van der Waals surface area contributed by atoms with E-state index in [0.717, 1.165) is 0 Å². The van der Waals surface area contributed by atoms with Crippen LogP contribution in [0.15, 0.2) is 0 Å². The van der Waals surface area contributed by atoms with E-state index in [1.807, 2.05) is 18.9 Å². The molecule has 6 nitrogen and oxygen atoms in total. The second-order valence-corrected chi connectivity index (χ2v) is 3.74. The Morgan fingerprint density at radius 2 is 2.06 bits per heavy atom. The average Bonchev–Trinajstić information content (AvgIpc) is 2.27. The zero-order chi connectivity index (χ0) is 13.3. The second kappa shape index (κ2) is 8.95. The van der Waals surface area contributed by atoms with Gasteiger partial charge in [0.05, 0.1) is 13.7 Å². The molecular formula is C11H22N2O4. The van der Waals surface area contributed by atoms with Crippen LogP contribution in [0.5, 0.6) is 0 Å². The number of methoxy groups -OCH3 is 1. The first-order valence-corrected chi connectivity index (χ1v) is 5.62. The van der Waals surface area contributed by atoms with Gasteiger partial charge in [-0.1, -0.05) is 0 Å². The standard InChI is InChI=1S/C11H22N2O4/c1-5-17-7-6-13(3)8-10(11(15)16-4)12-9(2)14/h10H,5-8H2,1-4H3,(H,12,14). The van der Waals surface area contributed by atoms with E-state index in [0.29, 0.717) is 26.3 Å². The minimum Gasteiger partial charge on any atom is -0.467 e. The van der Waals surface area contributed by atoms with E-state index < -0.39 is 12.0 Å². The van der Waals surface area contributed by atoms with E-state index in [9.17, 15) is 9.59 Å². The molecule has 0 aliphatic carbocycles. The Balaban J connectivity index is 4.12. The van der Waals surface area contributed by atoms with Crippen LogP contribution in [-0.2, 0) is 19.1 Å². The first-order valence-electron chi connectivity index (χ1n) is 5.62. The Morgan fingerprint density at radius 3 is 2.53 bits per heavy atom. The third-order valence-corrected chi connectivity index (χ3v) is 2.18. The molecule has 0 rings (SSSR count). The van der Waals surface area contributed by atoms with Crippen LogP contribution in [0.1, 0.15) is 13.8 Å². The number of nitrogens with one attached hydrogen (secondary N) is 1. The van der Waals surface area contributed by atoms with E-state index in [1.165, 1.54) is 14.0 Å². The molecule has 0 saturated heterocycles. The summed E-state index contributed by atoms with van der Waals surface area (Å²) < 4.78 is 9.84. The van der Waals surface area contributed by atoms with Crippen LogP contribution in [0.25, 0.3) is 0 Å². The third kappa shape index (κ3) is 7.70. The van der Waals surface area contributed by atoms with Gasteiger partial charge in [0.1, 0.15) is 6.04 Å². The van der Waals surface area contributed by atoms with Crippen molar-refractivity contribution in [3.05, 3.63) is 0 Å². The van der Waals surface area contributed by atoms with Crippen molar-refractivity contribution in [3.8, 4) is 0 Å². The molecule has 0 heterocycles. The van der Waals surface area contributed by atoms with Crippen molar-refractivity contribution in [2.45, 2.75) is 19.9 Å². The molecule has 100 valence electrons. The number of rotatable bonds is 8. The predicted molar refractivity (Wildman–Crippen MR) is 63.6 cm³/mol. The predicted octanol–water partition coefficient (Wildman–Crippen LogP) is -0.368. The molecular weight excluding hydrogens is 224 g/mol. The lowest BCUT2D eigenvalue weighted by Crippen LogP contribution is -2.48. The fourth-order valence-corrected chi connectivity index (χ4v) is 1.33. The van der Waals surface area contributed by atoms with Crippen LogP contribution in [0.2, 0.25) is 0 Å². The van der Waals surface area contributed by atoms with E-state index in [4.69, 9.17) is 4.74 Å². The molecule has 0 bridgehead atoms. The number of ether oxygens (including phenoxy) is 2. The zero-order valence-corrected chi connectivity index (χ0v) is 11.0. The summed E-state index contributed by atoms with van der Waals surface area (Å²) in [5.74, 6) is -0.693. The molecule has 0 aromatic carbocycles. The summed E-state index contributed by atoms with van der Waals surface area (Å²) in [5.41, 5.74) is 0. The molecule has 6 heteroatoms. The summed E-state index contributed by atoms with van der Waals surface area (Å²) in [4.78, 5) is 24.3. The van der Waals surface area contributed by atoms with Gasteiger partial charge in [-0.25, -0.2) is 4.79 Å². The van der Waals surface area contributed by atoms with Crippen molar-refractivity contribution < 1.29 is 19.1 Å². The minimum atomic E-state index is -0.635. The monoisotopic (exact) mass is 246 g/mol. The minimum absolute atomic E-state index is 0.251. The second-order valence-electron chi connectivity index (χ2n) is 3.74. The van der Waals surface area contributed by atoms with Gasteiger partial charge >= 0.3 is 5.97 Å². The Kier molecular flexibility index (Phi) is 8.35. The number of hydrogen-bond acceptors (Lipinski definition) is 5.